The Morgan fingerprint density at radius 3 is 2.95 bits per heavy atom. The molecule has 0 radical (unpaired) electrons. The lowest BCUT2D eigenvalue weighted by Gasteiger charge is -2.17. The van der Waals surface area contributed by atoms with E-state index in [9.17, 15) is 0 Å². The van der Waals surface area contributed by atoms with Crippen LogP contribution in [0.1, 0.15) is 45.1 Å². The van der Waals surface area contributed by atoms with Crippen LogP contribution in [-0.4, -0.2) is 35.0 Å². The summed E-state index contributed by atoms with van der Waals surface area (Å²) in [6, 6.07) is 0. The summed E-state index contributed by atoms with van der Waals surface area (Å²) in [5, 5.41) is 4.42. The van der Waals surface area contributed by atoms with Gasteiger partial charge in [-0.15, -0.1) is 11.8 Å². The van der Waals surface area contributed by atoms with Crippen LogP contribution in [0.5, 0.6) is 0 Å². The summed E-state index contributed by atoms with van der Waals surface area (Å²) in [4.78, 5) is 8.82. The molecule has 2 heterocycles. The Morgan fingerprint density at radius 2 is 2.32 bits per heavy atom. The molecule has 0 aromatic carbocycles. The third-order valence-electron chi connectivity index (χ3n) is 3.20. The highest BCUT2D eigenvalue weighted by Crippen LogP contribution is 2.32. The molecule has 0 saturated carbocycles. The zero-order valence-electron chi connectivity index (χ0n) is 12.0. The van der Waals surface area contributed by atoms with Crippen LogP contribution in [0.2, 0.25) is 0 Å². The molecule has 5 heteroatoms. The van der Waals surface area contributed by atoms with Crippen molar-refractivity contribution < 1.29 is 4.74 Å². The fourth-order valence-corrected chi connectivity index (χ4v) is 3.49. The fraction of sp³-hybridized carbons (Fsp3) is 0.714. The van der Waals surface area contributed by atoms with E-state index in [1.807, 2.05) is 0 Å². The van der Waals surface area contributed by atoms with Gasteiger partial charge in [0.1, 0.15) is 17.2 Å². The number of ether oxygens (including phenoxy) is 1. The first-order valence-corrected chi connectivity index (χ1v) is 8.04. The van der Waals surface area contributed by atoms with Gasteiger partial charge in [-0.25, -0.2) is 9.97 Å². The molecule has 0 bridgehead atoms. The molecule has 1 aliphatic rings. The van der Waals surface area contributed by atoms with E-state index in [2.05, 4.69) is 36.1 Å². The van der Waals surface area contributed by atoms with Crippen LogP contribution in [-0.2, 0) is 4.74 Å². The molecule has 1 saturated heterocycles. The van der Waals surface area contributed by atoms with Gasteiger partial charge in [-0.2, -0.15) is 0 Å². The van der Waals surface area contributed by atoms with E-state index in [1.165, 1.54) is 18.4 Å². The van der Waals surface area contributed by atoms with Gasteiger partial charge >= 0.3 is 0 Å². The van der Waals surface area contributed by atoms with Gasteiger partial charge in [0.05, 0.1) is 6.10 Å². The molecule has 1 aromatic rings. The quantitative estimate of drug-likeness (QED) is 0.640. The molecule has 2 rings (SSSR count). The number of rotatable bonds is 6. The summed E-state index contributed by atoms with van der Waals surface area (Å²) in [6.45, 7) is 8.26. The van der Waals surface area contributed by atoms with Crippen LogP contribution < -0.4 is 5.32 Å². The SMILES string of the molecule is CCNc1ncnc(SCC2CCCO2)c1C(C)C. The third kappa shape index (κ3) is 3.83. The van der Waals surface area contributed by atoms with Gasteiger partial charge in [-0.1, -0.05) is 13.8 Å². The minimum Gasteiger partial charge on any atom is -0.377 e. The normalized spacial score (nSPS) is 19.1. The smallest absolute Gasteiger partial charge is 0.133 e. The highest BCUT2D eigenvalue weighted by molar-refractivity contribution is 7.99. The Balaban J connectivity index is 2.11. The molecule has 19 heavy (non-hydrogen) atoms. The van der Waals surface area contributed by atoms with Crippen LogP contribution in [0.3, 0.4) is 0 Å². The maximum absolute atomic E-state index is 5.67. The average Bonchev–Trinajstić information content (AvgIpc) is 2.89. The van der Waals surface area contributed by atoms with Crippen molar-refractivity contribution in [2.75, 3.05) is 24.2 Å². The van der Waals surface area contributed by atoms with E-state index in [-0.39, 0.29) is 0 Å². The van der Waals surface area contributed by atoms with Crippen LogP contribution in [0.15, 0.2) is 11.4 Å². The van der Waals surface area contributed by atoms with Gasteiger partial charge < -0.3 is 10.1 Å². The predicted octanol–water partition coefficient (Wildman–Crippen LogP) is 3.30. The van der Waals surface area contributed by atoms with Crippen LogP contribution in [0, 0.1) is 0 Å². The first-order chi connectivity index (χ1) is 9.22. The molecule has 1 N–H and O–H groups in total. The van der Waals surface area contributed by atoms with Crippen molar-refractivity contribution >= 4 is 17.6 Å². The van der Waals surface area contributed by atoms with E-state index < -0.39 is 0 Å². The predicted molar refractivity (Wildman–Crippen MR) is 80.0 cm³/mol. The fourth-order valence-electron chi connectivity index (χ4n) is 2.27. The molecule has 1 fully saturated rings. The first-order valence-electron chi connectivity index (χ1n) is 7.05. The summed E-state index contributed by atoms with van der Waals surface area (Å²) in [5.74, 6) is 2.38. The average molecular weight is 281 g/mol. The summed E-state index contributed by atoms with van der Waals surface area (Å²) in [5.41, 5.74) is 1.23. The van der Waals surface area contributed by atoms with Gasteiger partial charge in [-0.3, -0.25) is 0 Å². The van der Waals surface area contributed by atoms with Crippen molar-refractivity contribution in [2.45, 2.75) is 50.7 Å². The number of hydrogen-bond donors (Lipinski definition) is 1. The Bertz CT molecular complexity index is 406. The van der Waals surface area contributed by atoms with Crippen molar-refractivity contribution in [3.05, 3.63) is 11.9 Å². The van der Waals surface area contributed by atoms with E-state index >= 15 is 0 Å². The van der Waals surface area contributed by atoms with E-state index in [1.54, 1.807) is 18.1 Å². The summed E-state index contributed by atoms with van der Waals surface area (Å²) < 4.78 is 5.67. The lowest BCUT2D eigenvalue weighted by atomic mass is 10.1. The maximum atomic E-state index is 5.67. The number of hydrogen-bond acceptors (Lipinski definition) is 5. The van der Waals surface area contributed by atoms with E-state index in [0.717, 1.165) is 29.7 Å². The lowest BCUT2D eigenvalue weighted by Crippen LogP contribution is -2.11. The van der Waals surface area contributed by atoms with E-state index in [4.69, 9.17) is 4.74 Å². The van der Waals surface area contributed by atoms with Crippen LogP contribution in [0.25, 0.3) is 0 Å². The monoisotopic (exact) mass is 281 g/mol. The van der Waals surface area contributed by atoms with Crippen molar-refractivity contribution in [3.63, 3.8) is 0 Å². The molecule has 1 aliphatic heterocycles. The zero-order chi connectivity index (χ0) is 13.7. The maximum Gasteiger partial charge on any atom is 0.133 e. The topological polar surface area (TPSA) is 47.0 Å². The Hall–Kier alpha value is -0.810. The highest BCUT2D eigenvalue weighted by Gasteiger charge is 2.19. The Morgan fingerprint density at radius 1 is 1.47 bits per heavy atom. The Kier molecular flexibility index (Phi) is 5.45. The number of aromatic nitrogens is 2. The summed E-state index contributed by atoms with van der Waals surface area (Å²) in [7, 11) is 0. The van der Waals surface area contributed by atoms with Gasteiger partial charge in [0.15, 0.2) is 0 Å². The number of nitrogens with one attached hydrogen (secondary N) is 1. The standard InChI is InChI=1S/C14H23N3OS/c1-4-15-13-12(10(2)3)14(17-9-16-13)19-8-11-6-5-7-18-11/h9-11H,4-8H2,1-3H3,(H,15,16,17). The van der Waals surface area contributed by atoms with Crippen LogP contribution in [0.4, 0.5) is 5.82 Å². The van der Waals surface area contributed by atoms with Gasteiger partial charge in [0.2, 0.25) is 0 Å². The largest absolute Gasteiger partial charge is 0.377 e. The second-order valence-electron chi connectivity index (χ2n) is 5.07. The van der Waals surface area contributed by atoms with Gasteiger partial charge in [0, 0.05) is 24.5 Å². The van der Waals surface area contributed by atoms with Gasteiger partial charge in [-0.05, 0) is 25.7 Å². The van der Waals surface area contributed by atoms with Crippen molar-refractivity contribution in [1.29, 1.82) is 0 Å². The number of nitrogens with zero attached hydrogens (tertiary/aromatic N) is 2. The molecule has 4 nitrogen and oxygen atoms in total. The molecular weight excluding hydrogens is 258 g/mol. The molecular formula is C14H23N3OS. The van der Waals surface area contributed by atoms with Gasteiger partial charge in [0.25, 0.3) is 0 Å². The Labute approximate surface area is 119 Å². The minimum atomic E-state index is 0.391. The van der Waals surface area contributed by atoms with E-state index in [0.29, 0.717) is 12.0 Å². The second-order valence-corrected chi connectivity index (χ2v) is 6.08. The third-order valence-corrected chi connectivity index (χ3v) is 4.34. The zero-order valence-corrected chi connectivity index (χ0v) is 12.8. The number of thioether (sulfide) groups is 1. The first kappa shape index (κ1) is 14.6. The molecule has 0 spiro atoms. The molecule has 1 atom stereocenters. The lowest BCUT2D eigenvalue weighted by molar-refractivity contribution is 0.129. The van der Waals surface area contributed by atoms with Crippen molar-refractivity contribution in [1.82, 2.24) is 9.97 Å². The molecule has 1 unspecified atom stereocenters. The van der Waals surface area contributed by atoms with Crippen molar-refractivity contribution in [3.8, 4) is 0 Å². The molecule has 0 amide bonds. The molecule has 106 valence electrons. The minimum absolute atomic E-state index is 0.391. The van der Waals surface area contributed by atoms with Crippen LogP contribution >= 0.6 is 11.8 Å². The number of anilines is 1. The molecule has 0 aliphatic carbocycles. The summed E-state index contributed by atoms with van der Waals surface area (Å²) in [6.07, 6.45) is 4.41. The second kappa shape index (κ2) is 7.10. The summed E-state index contributed by atoms with van der Waals surface area (Å²) >= 11 is 1.80. The van der Waals surface area contributed by atoms with Crippen molar-refractivity contribution in [2.24, 2.45) is 0 Å². The molecule has 1 aromatic heterocycles. The highest BCUT2D eigenvalue weighted by atomic mass is 32.2.